The number of anilines is 1. The Bertz CT molecular complexity index is 897. The normalized spacial score (nSPS) is 10.6. The van der Waals surface area contributed by atoms with E-state index in [0.29, 0.717) is 5.75 Å². The Labute approximate surface area is 170 Å². The lowest BCUT2D eigenvalue weighted by Gasteiger charge is -2.11. The first-order valence-electron chi connectivity index (χ1n) is 7.09. The minimum absolute atomic E-state index is 0.0490. The Hall–Kier alpha value is -1.12. The molecule has 6 heteroatoms. The second-order valence-electron chi connectivity index (χ2n) is 5.09. The molecule has 3 aromatic carbocycles. The minimum Gasteiger partial charge on any atom is -0.483 e. The summed E-state index contributed by atoms with van der Waals surface area (Å²) in [5, 5.41) is 4.94. The maximum absolute atomic E-state index is 12.0. The van der Waals surface area contributed by atoms with Crippen molar-refractivity contribution in [1.29, 1.82) is 0 Å². The monoisotopic (exact) mass is 559 g/mol. The van der Waals surface area contributed by atoms with E-state index in [2.05, 4.69) is 59.8 Å². The predicted octanol–water partition coefficient (Wildman–Crippen LogP) is 5.99. The van der Waals surface area contributed by atoms with Crippen LogP contribution in [0, 0.1) is 3.57 Å². The van der Waals surface area contributed by atoms with Crippen LogP contribution in [0.5, 0.6) is 5.75 Å². The molecular formula is C18H12Br2INO2. The van der Waals surface area contributed by atoms with E-state index in [1.54, 1.807) is 0 Å². The number of fused-ring (bicyclic) bond motifs is 1. The average molecular weight is 561 g/mol. The zero-order valence-corrected chi connectivity index (χ0v) is 17.7. The van der Waals surface area contributed by atoms with Crippen molar-refractivity contribution in [3.63, 3.8) is 0 Å². The van der Waals surface area contributed by atoms with Crippen LogP contribution in [0.1, 0.15) is 0 Å². The van der Waals surface area contributed by atoms with Gasteiger partial charge in [-0.15, -0.1) is 0 Å². The van der Waals surface area contributed by atoms with Crippen LogP contribution in [-0.4, -0.2) is 12.5 Å². The molecule has 0 radical (unpaired) electrons. The Morgan fingerprint density at radius 2 is 1.79 bits per heavy atom. The molecule has 0 aliphatic rings. The van der Waals surface area contributed by atoms with Gasteiger partial charge in [-0.3, -0.25) is 4.79 Å². The molecule has 122 valence electrons. The summed E-state index contributed by atoms with van der Waals surface area (Å²) >= 11 is 9.24. The Morgan fingerprint density at radius 3 is 2.54 bits per heavy atom. The number of nitrogens with one attached hydrogen (secondary N) is 1. The predicted molar refractivity (Wildman–Crippen MR) is 113 cm³/mol. The number of rotatable bonds is 4. The van der Waals surface area contributed by atoms with Gasteiger partial charge in [-0.2, -0.15) is 0 Å². The van der Waals surface area contributed by atoms with E-state index in [1.165, 1.54) is 0 Å². The van der Waals surface area contributed by atoms with Crippen LogP contribution < -0.4 is 10.1 Å². The molecular weight excluding hydrogens is 549 g/mol. The summed E-state index contributed by atoms with van der Waals surface area (Å²) in [6.45, 7) is -0.0490. The Morgan fingerprint density at radius 1 is 1.04 bits per heavy atom. The van der Waals surface area contributed by atoms with Gasteiger partial charge in [0.15, 0.2) is 6.61 Å². The van der Waals surface area contributed by atoms with E-state index in [4.69, 9.17) is 4.74 Å². The summed E-state index contributed by atoms with van der Waals surface area (Å²) in [6.07, 6.45) is 0. The van der Waals surface area contributed by atoms with Gasteiger partial charge in [-0.25, -0.2) is 0 Å². The van der Waals surface area contributed by atoms with Crippen molar-refractivity contribution in [2.24, 2.45) is 0 Å². The summed E-state index contributed by atoms with van der Waals surface area (Å²) < 4.78 is 8.64. The molecule has 0 atom stereocenters. The van der Waals surface area contributed by atoms with Crippen molar-refractivity contribution in [3.8, 4) is 5.75 Å². The van der Waals surface area contributed by atoms with E-state index in [-0.39, 0.29) is 12.5 Å². The number of amides is 1. The molecule has 1 N–H and O–H groups in total. The second-order valence-corrected chi connectivity index (χ2v) is 8.04. The molecule has 0 aromatic heterocycles. The largest absolute Gasteiger partial charge is 0.483 e. The Balaban J connectivity index is 1.69. The SMILES string of the molecule is O=C(COc1ccc2cc(Br)ccc2c1Br)Nc1ccc(I)cc1. The van der Waals surface area contributed by atoms with Crippen molar-refractivity contribution in [2.75, 3.05) is 11.9 Å². The lowest BCUT2D eigenvalue weighted by Crippen LogP contribution is -2.20. The topological polar surface area (TPSA) is 38.3 Å². The smallest absolute Gasteiger partial charge is 0.262 e. The van der Waals surface area contributed by atoms with Crippen molar-refractivity contribution < 1.29 is 9.53 Å². The van der Waals surface area contributed by atoms with Gasteiger partial charge < -0.3 is 10.1 Å². The third-order valence-corrected chi connectivity index (χ3v) is 5.40. The molecule has 3 aromatic rings. The highest BCUT2D eigenvalue weighted by atomic mass is 127. The van der Waals surface area contributed by atoms with Crippen LogP contribution >= 0.6 is 54.5 Å². The van der Waals surface area contributed by atoms with Gasteiger partial charge in [0.1, 0.15) is 5.75 Å². The van der Waals surface area contributed by atoms with Gasteiger partial charge in [0.05, 0.1) is 4.47 Å². The molecule has 0 unspecified atom stereocenters. The van der Waals surface area contributed by atoms with Gasteiger partial charge in [-0.05, 0) is 91.8 Å². The summed E-state index contributed by atoms with van der Waals surface area (Å²) in [5.74, 6) is 0.446. The van der Waals surface area contributed by atoms with Crippen LogP contribution in [-0.2, 0) is 4.79 Å². The molecule has 24 heavy (non-hydrogen) atoms. The van der Waals surface area contributed by atoms with Crippen molar-refractivity contribution in [2.45, 2.75) is 0 Å². The van der Waals surface area contributed by atoms with E-state index < -0.39 is 0 Å². The van der Waals surface area contributed by atoms with E-state index in [9.17, 15) is 4.79 Å². The molecule has 0 spiro atoms. The lowest BCUT2D eigenvalue weighted by atomic mass is 10.1. The number of halogens is 3. The van der Waals surface area contributed by atoms with Crippen LogP contribution in [0.3, 0.4) is 0 Å². The molecule has 3 nitrogen and oxygen atoms in total. The maximum Gasteiger partial charge on any atom is 0.262 e. The van der Waals surface area contributed by atoms with Crippen LogP contribution in [0.15, 0.2) is 63.5 Å². The highest BCUT2D eigenvalue weighted by Gasteiger charge is 2.09. The highest BCUT2D eigenvalue weighted by molar-refractivity contribution is 14.1. The van der Waals surface area contributed by atoms with Crippen molar-refractivity contribution in [3.05, 3.63) is 67.1 Å². The first-order chi connectivity index (χ1) is 11.5. The molecule has 0 saturated heterocycles. The van der Waals surface area contributed by atoms with Crippen molar-refractivity contribution >= 4 is 76.8 Å². The minimum atomic E-state index is -0.195. The quantitative estimate of drug-likeness (QED) is 0.398. The number of hydrogen-bond donors (Lipinski definition) is 1. The van der Waals surface area contributed by atoms with Crippen LogP contribution in [0.25, 0.3) is 10.8 Å². The fraction of sp³-hybridized carbons (Fsp3) is 0.0556. The number of carbonyl (C=O) groups excluding carboxylic acids is 1. The summed E-state index contributed by atoms with van der Waals surface area (Å²) in [6, 6.07) is 17.4. The molecule has 3 rings (SSSR count). The third-order valence-electron chi connectivity index (χ3n) is 3.37. The Kier molecular flexibility index (Phi) is 5.78. The zero-order valence-electron chi connectivity index (χ0n) is 12.4. The van der Waals surface area contributed by atoms with Gasteiger partial charge in [0, 0.05) is 13.7 Å². The highest BCUT2D eigenvalue weighted by Crippen LogP contribution is 2.34. The van der Waals surface area contributed by atoms with E-state index >= 15 is 0 Å². The fourth-order valence-electron chi connectivity index (χ4n) is 2.23. The van der Waals surface area contributed by atoms with Gasteiger partial charge in [0.25, 0.3) is 5.91 Å². The summed E-state index contributed by atoms with van der Waals surface area (Å²) in [7, 11) is 0. The number of hydrogen-bond acceptors (Lipinski definition) is 2. The lowest BCUT2D eigenvalue weighted by molar-refractivity contribution is -0.118. The second kappa shape index (κ2) is 7.84. The van der Waals surface area contributed by atoms with E-state index in [0.717, 1.165) is 29.0 Å². The fourth-order valence-corrected chi connectivity index (χ4v) is 3.57. The van der Waals surface area contributed by atoms with E-state index in [1.807, 2.05) is 54.6 Å². The molecule has 0 fully saturated rings. The maximum atomic E-state index is 12.0. The number of ether oxygens (including phenoxy) is 1. The number of benzene rings is 3. The van der Waals surface area contributed by atoms with Gasteiger partial charge in [0.2, 0.25) is 0 Å². The first kappa shape index (κ1) is 17.7. The molecule has 0 bridgehead atoms. The van der Waals surface area contributed by atoms with Gasteiger partial charge in [-0.1, -0.05) is 28.1 Å². The van der Waals surface area contributed by atoms with Crippen LogP contribution in [0.2, 0.25) is 0 Å². The molecule has 0 heterocycles. The number of carbonyl (C=O) groups is 1. The first-order valence-corrected chi connectivity index (χ1v) is 9.75. The molecule has 1 amide bonds. The molecule has 0 saturated carbocycles. The zero-order chi connectivity index (χ0) is 17.1. The average Bonchev–Trinajstić information content (AvgIpc) is 2.56. The standard InChI is InChI=1S/C18H12Br2INO2/c19-12-2-7-15-11(9-12)1-8-16(18(15)20)24-10-17(23)22-14-5-3-13(21)4-6-14/h1-9H,10H2,(H,22,23). The third kappa shape index (κ3) is 4.29. The summed E-state index contributed by atoms with van der Waals surface area (Å²) in [5.41, 5.74) is 0.756. The molecule has 0 aliphatic heterocycles. The molecule has 0 aliphatic carbocycles. The van der Waals surface area contributed by atoms with Crippen LogP contribution in [0.4, 0.5) is 5.69 Å². The summed E-state index contributed by atoms with van der Waals surface area (Å²) in [4.78, 5) is 12.0. The van der Waals surface area contributed by atoms with Crippen molar-refractivity contribution in [1.82, 2.24) is 0 Å². The van der Waals surface area contributed by atoms with Gasteiger partial charge >= 0.3 is 0 Å².